The highest BCUT2D eigenvalue weighted by molar-refractivity contribution is 7.99. The zero-order valence-corrected chi connectivity index (χ0v) is 11.0. The highest BCUT2D eigenvalue weighted by Crippen LogP contribution is 2.17. The van der Waals surface area contributed by atoms with E-state index in [0.717, 1.165) is 29.6 Å². The minimum Gasteiger partial charge on any atom is -0.440 e. The lowest BCUT2D eigenvalue weighted by Crippen LogP contribution is -2.35. The second-order valence-electron chi connectivity index (χ2n) is 3.67. The normalized spacial score (nSPS) is 12.9. The average Bonchev–Trinajstić information content (AvgIpc) is 2.68. The van der Waals surface area contributed by atoms with Crippen LogP contribution in [0.2, 0.25) is 0 Å². The summed E-state index contributed by atoms with van der Waals surface area (Å²) < 4.78 is 10.4. The molecule has 1 rings (SSSR count). The molecule has 1 atom stereocenters. The topological polar surface area (TPSA) is 47.3 Å². The lowest BCUT2D eigenvalue weighted by atomic mass is 10.3. The van der Waals surface area contributed by atoms with Gasteiger partial charge in [-0.05, 0) is 19.9 Å². The van der Waals surface area contributed by atoms with Crippen molar-refractivity contribution in [1.82, 2.24) is 10.3 Å². The van der Waals surface area contributed by atoms with Gasteiger partial charge in [-0.1, -0.05) is 18.7 Å². The third-order valence-electron chi connectivity index (χ3n) is 2.06. The number of ether oxygens (including phenoxy) is 1. The van der Waals surface area contributed by atoms with E-state index < -0.39 is 0 Å². The number of nitrogens with zero attached hydrogens (tertiary/aromatic N) is 1. The third-order valence-corrected chi connectivity index (χ3v) is 3.06. The van der Waals surface area contributed by atoms with E-state index in [1.165, 1.54) is 0 Å². The van der Waals surface area contributed by atoms with Crippen molar-refractivity contribution in [3.8, 4) is 0 Å². The van der Waals surface area contributed by atoms with Gasteiger partial charge in [-0.15, -0.1) is 0 Å². The largest absolute Gasteiger partial charge is 0.440 e. The van der Waals surface area contributed by atoms with E-state index in [-0.39, 0.29) is 0 Å². The second kappa shape index (κ2) is 7.70. The Balaban J connectivity index is 2.30. The number of nitrogens with one attached hydrogen (secondary N) is 1. The van der Waals surface area contributed by atoms with Crippen LogP contribution in [0.5, 0.6) is 0 Å². The fraction of sp³-hybridized carbons (Fsp3) is 0.727. The van der Waals surface area contributed by atoms with Crippen LogP contribution in [-0.2, 0) is 4.74 Å². The van der Waals surface area contributed by atoms with Crippen molar-refractivity contribution in [3.63, 3.8) is 0 Å². The van der Waals surface area contributed by atoms with Gasteiger partial charge < -0.3 is 14.5 Å². The van der Waals surface area contributed by atoms with Crippen LogP contribution >= 0.6 is 11.8 Å². The Labute approximate surface area is 101 Å². The van der Waals surface area contributed by atoms with Gasteiger partial charge in [-0.2, -0.15) is 0 Å². The predicted octanol–water partition coefficient (Wildman–Crippen LogP) is 2.09. The summed E-state index contributed by atoms with van der Waals surface area (Å²) in [6.45, 7) is 5.81. The Hall–Kier alpha value is -0.520. The number of aryl methyl sites for hydroxylation is 1. The molecule has 0 aliphatic carbocycles. The first kappa shape index (κ1) is 13.5. The zero-order chi connectivity index (χ0) is 11.8. The molecule has 0 amide bonds. The molecule has 0 fully saturated rings. The first-order valence-corrected chi connectivity index (χ1v) is 6.52. The molecule has 1 aromatic rings. The maximum Gasteiger partial charge on any atom is 0.255 e. The summed E-state index contributed by atoms with van der Waals surface area (Å²) in [6, 6.07) is 0.349. The second-order valence-corrected chi connectivity index (χ2v) is 4.64. The highest BCUT2D eigenvalue weighted by Gasteiger charge is 2.10. The lowest BCUT2D eigenvalue weighted by Gasteiger charge is -2.15. The van der Waals surface area contributed by atoms with Crippen molar-refractivity contribution in [2.75, 3.05) is 26.0 Å². The van der Waals surface area contributed by atoms with Crippen LogP contribution < -0.4 is 5.32 Å². The van der Waals surface area contributed by atoms with Crippen LogP contribution in [0, 0.1) is 6.92 Å². The summed E-state index contributed by atoms with van der Waals surface area (Å²) in [6.07, 6.45) is 2.80. The summed E-state index contributed by atoms with van der Waals surface area (Å²) in [7, 11) is 1.72. The van der Waals surface area contributed by atoms with Gasteiger partial charge in [-0.3, -0.25) is 0 Å². The van der Waals surface area contributed by atoms with Crippen LogP contribution in [0.3, 0.4) is 0 Å². The van der Waals surface area contributed by atoms with Crippen molar-refractivity contribution < 1.29 is 9.15 Å². The molecular formula is C11H20N2O2S. The highest BCUT2D eigenvalue weighted by atomic mass is 32.2. The van der Waals surface area contributed by atoms with E-state index in [0.29, 0.717) is 12.6 Å². The molecule has 5 heteroatoms. The summed E-state index contributed by atoms with van der Waals surface area (Å²) in [4.78, 5) is 4.25. The predicted molar refractivity (Wildman–Crippen MR) is 65.9 cm³/mol. The van der Waals surface area contributed by atoms with Crippen LogP contribution in [0.4, 0.5) is 0 Å². The van der Waals surface area contributed by atoms with Gasteiger partial charge in [0.05, 0.1) is 12.3 Å². The van der Waals surface area contributed by atoms with Gasteiger partial charge in [0.2, 0.25) is 0 Å². The standard InChI is InChI=1S/C11H20N2O2S/c1-4-5-12-10(7-14-3)8-16-11-13-9(2)6-15-11/h6,10,12H,4-5,7-8H2,1-3H3. The first-order valence-electron chi connectivity index (χ1n) is 5.53. The fourth-order valence-electron chi connectivity index (χ4n) is 1.29. The molecular weight excluding hydrogens is 224 g/mol. The lowest BCUT2D eigenvalue weighted by molar-refractivity contribution is 0.174. The number of rotatable bonds is 8. The van der Waals surface area contributed by atoms with Crippen LogP contribution in [-0.4, -0.2) is 37.0 Å². The number of oxazole rings is 1. The van der Waals surface area contributed by atoms with Crippen molar-refractivity contribution >= 4 is 11.8 Å². The van der Waals surface area contributed by atoms with Crippen molar-refractivity contribution in [2.45, 2.75) is 31.5 Å². The number of methoxy groups -OCH3 is 1. The summed E-state index contributed by atoms with van der Waals surface area (Å²) in [5, 5.41) is 4.17. The zero-order valence-electron chi connectivity index (χ0n) is 10.2. The molecule has 4 nitrogen and oxygen atoms in total. The Morgan fingerprint density at radius 3 is 3.00 bits per heavy atom. The molecule has 1 unspecified atom stereocenters. The van der Waals surface area contributed by atoms with Gasteiger partial charge in [-0.25, -0.2) is 4.98 Å². The summed E-state index contributed by atoms with van der Waals surface area (Å²) in [5.41, 5.74) is 0.923. The Morgan fingerprint density at radius 2 is 2.44 bits per heavy atom. The molecule has 0 bridgehead atoms. The van der Waals surface area contributed by atoms with E-state index in [1.54, 1.807) is 25.1 Å². The SMILES string of the molecule is CCCNC(COC)CSc1nc(C)co1. The number of aromatic nitrogens is 1. The maximum atomic E-state index is 5.28. The van der Waals surface area contributed by atoms with Gasteiger partial charge in [0.1, 0.15) is 6.26 Å². The molecule has 0 saturated heterocycles. The quantitative estimate of drug-likeness (QED) is 0.710. The molecule has 92 valence electrons. The minimum atomic E-state index is 0.349. The molecule has 0 radical (unpaired) electrons. The van der Waals surface area contributed by atoms with E-state index in [4.69, 9.17) is 9.15 Å². The monoisotopic (exact) mass is 244 g/mol. The smallest absolute Gasteiger partial charge is 0.255 e. The molecule has 0 spiro atoms. The summed E-state index contributed by atoms with van der Waals surface area (Å²) in [5.74, 6) is 0.911. The molecule has 1 aromatic heterocycles. The van der Waals surface area contributed by atoms with Crippen molar-refractivity contribution in [1.29, 1.82) is 0 Å². The van der Waals surface area contributed by atoms with E-state index in [9.17, 15) is 0 Å². The Kier molecular flexibility index (Phi) is 6.52. The van der Waals surface area contributed by atoms with Gasteiger partial charge >= 0.3 is 0 Å². The minimum absolute atomic E-state index is 0.349. The van der Waals surface area contributed by atoms with Gasteiger partial charge in [0, 0.05) is 18.9 Å². The number of thioether (sulfide) groups is 1. The Morgan fingerprint density at radius 1 is 1.62 bits per heavy atom. The molecule has 0 saturated carbocycles. The number of hydrogen-bond acceptors (Lipinski definition) is 5. The van der Waals surface area contributed by atoms with Gasteiger partial charge in [0.15, 0.2) is 0 Å². The van der Waals surface area contributed by atoms with Gasteiger partial charge in [0.25, 0.3) is 5.22 Å². The van der Waals surface area contributed by atoms with Crippen molar-refractivity contribution in [3.05, 3.63) is 12.0 Å². The molecule has 1 heterocycles. The molecule has 0 aliphatic rings. The van der Waals surface area contributed by atoms with E-state index in [2.05, 4.69) is 17.2 Å². The maximum absolute atomic E-state index is 5.28. The van der Waals surface area contributed by atoms with E-state index in [1.807, 2.05) is 6.92 Å². The van der Waals surface area contributed by atoms with Crippen LogP contribution in [0.15, 0.2) is 15.9 Å². The first-order chi connectivity index (χ1) is 7.76. The molecule has 0 aromatic carbocycles. The Bertz CT molecular complexity index is 291. The van der Waals surface area contributed by atoms with Crippen LogP contribution in [0.1, 0.15) is 19.0 Å². The molecule has 0 aliphatic heterocycles. The van der Waals surface area contributed by atoms with Crippen molar-refractivity contribution in [2.24, 2.45) is 0 Å². The average molecular weight is 244 g/mol. The third kappa shape index (κ3) is 5.01. The summed E-state index contributed by atoms with van der Waals surface area (Å²) >= 11 is 1.62. The molecule has 16 heavy (non-hydrogen) atoms. The number of hydrogen-bond donors (Lipinski definition) is 1. The van der Waals surface area contributed by atoms with E-state index >= 15 is 0 Å². The van der Waals surface area contributed by atoms with Crippen LogP contribution in [0.25, 0.3) is 0 Å². The fourth-order valence-corrected chi connectivity index (χ4v) is 2.17. The molecule has 1 N–H and O–H groups in total.